The lowest BCUT2D eigenvalue weighted by Gasteiger charge is -2.34. The van der Waals surface area contributed by atoms with Crippen molar-refractivity contribution in [1.29, 1.82) is 0 Å². The molecular formula is C14H20N2O4S. The first kappa shape index (κ1) is 14.7. The second-order valence-electron chi connectivity index (χ2n) is 5.60. The minimum Gasteiger partial charge on any atom is -0.489 e. The van der Waals surface area contributed by atoms with E-state index in [0.29, 0.717) is 13.2 Å². The highest BCUT2D eigenvalue weighted by Gasteiger charge is 2.43. The molecule has 0 radical (unpaired) electrons. The van der Waals surface area contributed by atoms with Crippen LogP contribution in [0.3, 0.4) is 0 Å². The predicted octanol–water partition coefficient (Wildman–Crippen LogP) is 1.04. The molecule has 1 aromatic rings. The molecule has 2 fully saturated rings. The fourth-order valence-corrected chi connectivity index (χ4v) is 4.28. The molecule has 21 heavy (non-hydrogen) atoms. The summed E-state index contributed by atoms with van der Waals surface area (Å²) in [5, 5.41) is 0. The van der Waals surface area contributed by atoms with Gasteiger partial charge in [0.25, 0.3) is 0 Å². The van der Waals surface area contributed by atoms with E-state index >= 15 is 0 Å². The van der Waals surface area contributed by atoms with Gasteiger partial charge in [-0.3, -0.25) is 4.98 Å². The molecule has 2 saturated heterocycles. The third-order valence-corrected chi connectivity index (χ3v) is 5.39. The Kier molecular flexibility index (Phi) is 4.14. The maximum atomic E-state index is 11.7. The van der Waals surface area contributed by atoms with Gasteiger partial charge in [-0.1, -0.05) is 0 Å². The molecule has 0 aliphatic carbocycles. The Balaban J connectivity index is 1.55. The van der Waals surface area contributed by atoms with Crippen molar-refractivity contribution in [3.63, 3.8) is 0 Å². The minimum atomic E-state index is -3.13. The van der Waals surface area contributed by atoms with Gasteiger partial charge in [-0.25, -0.2) is 8.42 Å². The van der Waals surface area contributed by atoms with Gasteiger partial charge in [0, 0.05) is 12.7 Å². The summed E-state index contributed by atoms with van der Waals surface area (Å²) in [6.45, 7) is 1.04. The van der Waals surface area contributed by atoms with Crippen LogP contribution >= 0.6 is 0 Å². The van der Waals surface area contributed by atoms with Gasteiger partial charge in [0.2, 0.25) is 10.0 Å². The molecule has 2 aliphatic rings. The molecule has 7 heteroatoms. The van der Waals surface area contributed by atoms with Crippen LogP contribution in [-0.2, 0) is 14.8 Å². The minimum absolute atomic E-state index is 0.00373. The van der Waals surface area contributed by atoms with Crippen LogP contribution in [0.25, 0.3) is 0 Å². The Morgan fingerprint density at radius 3 is 3.00 bits per heavy atom. The molecule has 0 unspecified atom stereocenters. The number of ether oxygens (including phenoxy) is 2. The number of pyridine rings is 1. The lowest BCUT2D eigenvalue weighted by atomic mass is 10.0. The van der Waals surface area contributed by atoms with Gasteiger partial charge < -0.3 is 9.47 Å². The number of hydrogen-bond acceptors (Lipinski definition) is 5. The number of sulfonamides is 1. The highest BCUT2D eigenvalue weighted by atomic mass is 32.2. The van der Waals surface area contributed by atoms with Gasteiger partial charge in [-0.15, -0.1) is 0 Å². The van der Waals surface area contributed by atoms with Gasteiger partial charge >= 0.3 is 0 Å². The van der Waals surface area contributed by atoms with Crippen LogP contribution in [0.15, 0.2) is 24.5 Å². The third-order valence-electron chi connectivity index (χ3n) is 4.08. The molecular weight excluding hydrogens is 292 g/mol. The van der Waals surface area contributed by atoms with Gasteiger partial charge in [0.05, 0.1) is 30.7 Å². The molecule has 2 aliphatic heterocycles. The van der Waals surface area contributed by atoms with Gasteiger partial charge in [-0.2, -0.15) is 4.31 Å². The van der Waals surface area contributed by atoms with E-state index < -0.39 is 10.0 Å². The molecule has 0 N–H and O–H groups in total. The summed E-state index contributed by atoms with van der Waals surface area (Å²) in [5.41, 5.74) is 0. The molecule has 0 bridgehead atoms. The van der Waals surface area contributed by atoms with Crippen molar-refractivity contribution in [2.75, 3.05) is 19.4 Å². The summed E-state index contributed by atoms with van der Waals surface area (Å²) < 4.78 is 36.7. The van der Waals surface area contributed by atoms with Crippen molar-refractivity contribution in [3.05, 3.63) is 24.5 Å². The second kappa shape index (κ2) is 5.90. The van der Waals surface area contributed by atoms with Gasteiger partial charge in [-0.05, 0) is 31.4 Å². The van der Waals surface area contributed by atoms with Crippen molar-refractivity contribution in [3.8, 4) is 5.75 Å². The number of hydrogen-bond donors (Lipinski definition) is 0. The van der Waals surface area contributed by atoms with Crippen LogP contribution in [0.4, 0.5) is 0 Å². The van der Waals surface area contributed by atoms with Crippen molar-refractivity contribution >= 4 is 10.0 Å². The number of nitrogens with zero attached hydrogens (tertiary/aromatic N) is 2. The quantitative estimate of drug-likeness (QED) is 0.831. The van der Waals surface area contributed by atoms with Crippen molar-refractivity contribution in [2.45, 2.75) is 37.5 Å². The summed E-state index contributed by atoms with van der Waals surface area (Å²) in [6.07, 6.45) is 7.07. The Bertz CT molecular complexity index is 578. The molecule has 3 atom stereocenters. The van der Waals surface area contributed by atoms with E-state index in [2.05, 4.69) is 4.98 Å². The average Bonchev–Trinajstić information content (AvgIpc) is 2.89. The molecule has 6 nitrogen and oxygen atoms in total. The monoisotopic (exact) mass is 312 g/mol. The Hall–Kier alpha value is -1.18. The Labute approximate surface area is 125 Å². The molecule has 116 valence electrons. The molecule has 0 spiro atoms. The van der Waals surface area contributed by atoms with E-state index in [1.807, 2.05) is 12.1 Å². The topological polar surface area (TPSA) is 68.7 Å². The van der Waals surface area contributed by atoms with Crippen LogP contribution in [0.5, 0.6) is 5.75 Å². The zero-order valence-corrected chi connectivity index (χ0v) is 12.8. The molecule has 3 heterocycles. The van der Waals surface area contributed by atoms with Crippen molar-refractivity contribution in [2.24, 2.45) is 0 Å². The van der Waals surface area contributed by atoms with Crippen LogP contribution in [-0.4, -0.2) is 55.4 Å². The molecule has 1 aromatic heterocycles. The van der Waals surface area contributed by atoms with E-state index in [0.717, 1.165) is 25.0 Å². The second-order valence-corrected chi connectivity index (χ2v) is 7.54. The summed E-state index contributed by atoms with van der Waals surface area (Å²) in [6, 6.07) is 3.68. The largest absolute Gasteiger partial charge is 0.489 e. The normalized spacial score (nSPS) is 30.0. The fraction of sp³-hybridized carbons (Fsp3) is 0.643. The SMILES string of the molecule is CS(=O)(=O)N1CC[C@@H]2O[C@H](COc3cccnc3)CC[C@@H]21. The van der Waals surface area contributed by atoms with Crippen molar-refractivity contribution in [1.82, 2.24) is 9.29 Å². The number of rotatable bonds is 4. The van der Waals surface area contributed by atoms with E-state index in [9.17, 15) is 8.42 Å². The van der Waals surface area contributed by atoms with Crippen LogP contribution in [0.2, 0.25) is 0 Å². The van der Waals surface area contributed by atoms with E-state index in [-0.39, 0.29) is 18.2 Å². The first-order valence-corrected chi connectivity index (χ1v) is 9.04. The summed E-state index contributed by atoms with van der Waals surface area (Å²) >= 11 is 0. The highest BCUT2D eigenvalue weighted by Crippen LogP contribution is 2.33. The maximum Gasteiger partial charge on any atom is 0.211 e. The molecule has 0 amide bonds. The summed E-state index contributed by atoms with van der Waals surface area (Å²) in [4.78, 5) is 4.00. The summed E-state index contributed by atoms with van der Waals surface area (Å²) in [5.74, 6) is 0.729. The van der Waals surface area contributed by atoms with Crippen LogP contribution in [0.1, 0.15) is 19.3 Å². The third kappa shape index (κ3) is 3.36. The smallest absolute Gasteiger partial charge is 0.211 e. The first-order valence-electron chi connectivity index (χ1n) is 7.19. The van der Waals surface area contributed by atoms with E-state index in [1.165, 1.54) is 6.26 Å². The molecule has 3 rings (SSSR count). The summed E-state index contributed by atoms with van der Waals surface area (Å²) in [7, 11) is -3.13. The van der Waals surface area contributed by atoms with Crippen LogP contribution in [0, 0.1) is 0 Å². The predicted molar refractivity (Wildman–Crippen MR) is 77.6 cm³/mol. The van der Waals surface area contributed by atoms with Gasteiger partial charge in [0.15, 0.2) is 0 Å². The van der Waals surface area contributed by atoms with Crippen molar-refractivity contribution < 1.29 is 17.9 Å². The first-order chi connectivity index (χ1) is 10.0. The number of aromatic nitrogens is 1. The lowest BCUT2D eigenvalue weighted by Crippen LogP contribution is -2.45. The average molecular weight is 312 g/mol. The molecule has 0 saturated carbocycles. The van der Waals surface area contributed by atoms with E-state index in [1.54, 1.807) is 16.7 Å². The Morgan fingerprint density at radius 1 is 1.43 bits per heavy atom. The lowest BCUT2D eigenvalue weighted by molar-refractivity contribution is -0.0766. The zero-order valence-electron chi connectivity index (χ0n) is 12.0. The zero-order chi connectivity index (χ0) is 14.9. The Morgan fingerprint density at radius 2 is 2.29 bits per heavy atom. The van der Waals surface area contributed by atoms with Gasteiger partial charge in [0.1, 0.15) is 12.4 Å². The number of fused-ring (bicyclic) bond motifs is 1. The fourth-order valence-electron chi connectivity index (χ4n) is 3.11. The maximum absolute atomic E-state index is 11.7. The van der Waals surface area contributed by atoms with E-state index in [4.69, 9.17) is 9.47 Å². The highest BCUT2D eigenvalue weighted by molar-refractivity contribution is 7.88. The van der Waals surface area contributed by atoms with Crippen LogP contribution < -0.4 is 4.74 Å². The molecule has 0 aromatic carbocycles. The standard InChI is InChI=1S/C14H20N2O4S/c1-21(17,18)16-8-6-14-13(16)5-4-12(20-14)10-19-11-3-2-7-15-9-11/h2-3,7,9,12-14H,4-6,8,10H2,1H3/t12-,13-,14-/m0/s1.